The molecule has 1 atom stereocenters. The molecule has 186 valence electrons. The summed E-state index contributed by atoms with van der Waals surface area (Å²) in [5.74, 6) is 2.34. The molecule has 1 aromatic rings. The summed E-state index contributed by atoms with van der Waals surface area (Å²) in [6.07, 6.45) is 8.75. The van der Waals surface area contributed by atoms with E-state index in [4.69, 9.17) is 0 Å². The number of sulfonamides is 1. The van der Waals surface area contributed by atoms with Crippen molar-refractivity contribution < 1.29 is 18.1 Å². The minimum absolute atomic E-state index is 0.0277. The highest BCUT2D eigenvalue weighted by molar-refractivity contribution is 7.89. The fraction of sp³-hybridized carbons (Fsp3) is 0.720. The Labute approximate surface area is 201 Å². The normalized spacial score (nSPS) is 32.5. The predicted molar refractivity (Wildman–Crippen MR) is 128 cm³/mol. The molecule has 34 heavy (non-hydrogen) atoms. The maximum Gasteiger partial charge on any atom is 0.270 e. The number of non-ortho nitro benzene ring substituents is 1. The number of benzene rings is 1. The Bertz CT molecular complexity index is 1060. The molecule has 1 aliphatic heterocycles. The van der Waals surface area contributed by atoms with Crippen LogP contribution in [0.4, 0.5) is 5.69 Å². The van der Waals surface area contributed by atoms with Crippen molar-refractivity contribution in [2.45, 2.75) is 76.2 Å². The molecule has 5 aliphatic rings. The molecule has 1 amide bonds. The van der Waals surface area contributed by atoms with Crippen LogP contribution in [0.2, 0.25) is 0 Å². The molecule has 6 rings (SSSR count). The standard InChI is InChI=1S/C25H35N3O5S/c1-16-3-4-22(28(30)31)12-23(16)34(32,33)27-7-5-21(6-8-27)24(29)26-17(2)25-13-18-9-19(14-25)11-20(10-18)15-25/h3-4,12,17-21H,5-11,13-15H2,1-2H3,(H,26,29). The van der Waals surface area contributed by atoms with E-state index >= 15 is 0 Å². The van der Waals surface area contributed by atoms with Gasteiger partial charge in [-0.15, -0.1) is 0 Å². The molecule has 4 bridgehead atoms. The van der Waals surface area contributed by atoms with Gasteiger partial charge >= 0.3 is 0 Å². The van der Waals surface area contributed by atoms with Crippen molar-refractivity contribution in [1.82, 2.24) is 9.62 Å². The van der Waals surface area contributed by atoms with E-state index in [1.807, 2.05) is 0 Å². The van der Waals surface area contributed by atoms with Crippen LogP contribution in [0, 0.1) is 46.1 Å². The van der Waals surface area contributed by atoms with Gasteiger partial charge in [0.15, 0.2) is 0 Å². The minimum Gasteiger partial charge on any atom is -0.353 e. The quantitative estimate of drug-likeness (QED) is 0.479. The molecule has 0 spiro atoms. The van der Waals surface area contributed by atoms with Gasteiger partial charge in [-0.1, -0.05) is 6.07 Å². The second-order valence-electron chi connectivity index (χ2n) is 11.4. The number of piperidine rings is 1. The third-order valence-electron chi connectivity index (χ3n) is 9.19. The number of hydrogen-bond donors (Lipinski definition) is 1. The van der Waals surface area contributed by atoms with E-state index in [1.54, 1.807) is 6.92 Å². The SMILES string of the molecule is Cc1ccc([N+](=O)[O-])cc1S(=O)(=O)N1CCC(C(=O)NC(C)C23CC4CC(CC(C4)C2)C3)CC1. The Kier molecular flexibility index (Phi) is 5.99. The van der Waals surface area contributed by atoms with Gasteiger partial charge in [-0.2, -0.15) is 4.31 Å². The fourth-order valence-electron chi connectivity index (χ4n) is 7.67. The van der Waals surface area contributed by atoms with E-state index in [9.17, 15) is 23.3 Å². The van der Waals surface area contributed by atoms with Gasteiger partial charge in [0.1, 0.15) is 0 Å². The lowest BCUT2D eigenvalue weighted by Crippen LogP contribution is -2.56. The Balaban J connectivity index is 1.21. The van der Waals surface area contributed by atoms with Crippen LogP contribution in [0.25, 0.3) is 0 Å². The first-order valence-corrected chi connectivity index (χ1v) is 14.1. The van der Waals surface area contributed by atoms with Crippen LogP contribution in [0.15, 0.2) is 23.1 Å². The zero-order chi connectivity index (χ0) is 24.3. The van der Waals surface area contributed by atoms with Gasteiger partial charge < -0.3 is 5.32 Å². The first kappa shape index (κ1) is 23.7. The van der Waals surface area contributed by atoms with Crippen molar-refractivity contribution in [2.24, 2.45) is 29.1 Å². The summed E-state index contributed by atoms with van der Waals surface area (Å²) in [6.45, 7) is 4.31. The molecular weight excluding hydrogens is 454 g/mol. The van der Waals surface area contributed by atoms with E-state index in [-0.39, 0.29) is 47.0 Å². The summed E-state index contributed by atoms with van der Waals surface area (Å²) in [5.41, 5.74) is 0.487. The highest BCUT2D eigenvalue weighted by Crippen LogP contribution is 2.61. The average Bonchev–Trinajstić information content (AvgIpc) is 2.78. The topological polar surface area (TPSA) is 110 Å². The van der Waals surface area contributed by atoms with Crippen LogP contribution >= 0.6 is 0 Å². The predicted octanol–water partition coefficient (Wildman–Crippen LogP) is 4.03. The zero-order valence-electron chi connectivity index (χ0n) is 20.0. The summed E-state index contributed by atoms with van der Waals surface area (Å²) >= 11 is 0. The number of aryl methyl sites for hydroxylation is 1. The fourth-order valence-corrected chi connectivity index (χ4v) is 9.38. The molecule has 1 N–H and O–H groups in total. The molecule has 8 nitrogen and oxygen atoms in total. The van der Waals surface area contributed by atoms with Crippen molar-refractivity contribution in [3.8, 4) is 0 Å². The molecular formula is C25H35N3O5S. The molecule has 4 saturated carbocycles. The van der Waals surface area contributed by atoms with Crippen molar-refractivity contribution in [1.29, 1.82) is 0 Å². The molecule has 1 heterocycles. The number of nitrogens with zero attached hydrogens (tertiary/aromatic N) is 2. The van der Waals surface area contributed by atoms with Crippen molar-refractivity contribution in [2.75, 3.05) is 13.1 Å². The minimum atomic E-state index is -3.85. The van der Waals surface area contributed by atoms with Gasteiger partial charge in [-0.25, -0.2) is 8.42 Å². The van der Waals surface area contributed by atoms with E-state index in [1.165, 1.54) is 55.0 Å². The first-order chi connectivity index (χ1) is 16.1. The van der Waals surface area contributed by atoms with Crippen LogP contribution in [0.3, 0.4) is 0 Å². The Morgan fingerprint density at radius 2 is 1.68 bits per heavy atom. The van der Waals surface area contributed by atoms with Gasteiger partial charge in [0, 0.05) is 37.2 Å². The maximum absolute atomic E-state index is 13.2. The Morgan fingerprint density at radius 3 is 2.21 bits per heavy atom. The number of nitrogens with one attached hydrogen (secondary N) is 1. The Hall–Kier alpha value is -2.00. The number of amides is 1. The molecule has 0 radical (unpaired) electrons. The van der Waals surface area contributed by atoms with E-state index in [0.29, 0.717) is 18.4 Å². The van der Waals surface area contributed by atoms with E-state index < -0.39 is 14.9 Å². The van der Waals surface area contributed by atoms with Gasteiger partial charge in [-0.3, -0.25) is 14.9 Å². The van der Waals surface area contributed by atoms with E-state index in [0.717, 1.165) is 23.8 Å². The summed E-state index contributed by atoms with van der Waals surface area (Å²) in [7, 11) is -3.85. The number of nitro groups is 1. The third kappa shape index (κ3) is 4.15. The highest BCUT2D eigenvalue weighted by atomic mass is 32.2. The number of carbonyl (C=O) groups excluding carboxylic acids is 1. The summed E-state index contributed by atoms with van der Waals surface area (Å²) in [6, 6.07) is 4.08. The number of carbonyl (C=O) groups is 1. The van der Waals surface area contributed by atoms with Crippen molar-refractivity contribution in [3.05, 3.63) is 33.9 Å². The maximum atomic E-state index is 13.2. The number of hydrogen-bond acceptors (Lipinski definition) is 5. The molecule has 0 aromatic heterocycles. The second-order valence-corrected chi connectivity index (χ2v) is 13.3. The Morgan fingerprint density at radius 1 is 1.12 bits per heavy atom. The largest absolute Gasteiger partial charge is 0.353 e. The van der Waals surface area contributed by atoms with Crippen LogP contribution in [0.5, 0.6) is 0 Å². The molecule has 9 heteroatoms. The monoisotopic (exact) mass is 489 g/mol. The van der Waals surface area contributed by atoms with Gasteiger partial charge in [0.25, 0.3) is 5.69 Å². The van der Waals surface area contributed by atoms with Crippen molar-refractivity contribution in [3.63, 3.8) is 0 Å². The number of nitro benzene ring substituents is 1. The van der Waals surface area contributed by atoms with Gasteiger partial charge in [0.2, 0.25) is 15.9 Å². The zero-order valence-corrected chi connectivity index (χ0v) is 20.9. The summed E-state index contributed by atoms with van der Waals surface area (Å²) in [5, 5.41) is 14.5. The average molecular weight is 490 g/mol. The van der Waals surface area contributed by atoms with Crippen LogP contribution in [0.1, 0.15) is 63.9 Å². The third-order valence-corrected chi connectivity index (χ3v) is 11.2. The second kappa shape index (κ2) is 8.59. The van der Waals surface area contributed by atoms with Crippen LogP contribution in [-0.2, 0) is 14.8 Å². The smallest absolute Gasteiger partial charge is 0.270 e. The lowest BCUT2D eigenvalue weighted by Gasteiger charge is -2.59. The summed E-state index contributed by atoms with van der Waals surface area (Å²) in [4.78, 5) is 23.7. The van der Waals surface area contributed by atoms with Gasteiger partial charge in [0.05, 0.1) is 9.82 Å². The van der Waals surface area contributed by atoms with Crippen molar-refractivity contribution >= 4 is 21.6 Å². The highest BCUT2D eigenvalue weighted by Gasteiger charge is 2.53. The molecule has 1 unspecified atom stereocenters. The van der Waals surface area contributed by atoms with Crippen LogP contribution < -0.4 is 5.32 Å². The molecule has 1 saturated heterocycles. The molecule has 4 aliphatic carbocycles. The molecule has 5 fully saturated rings. The van der Waals surface area contributed by atoms with Gasteiger partial charge in [-0.05, 0) is 93.9 Å². The molecule has 1 aromatic carbocycles. The first-order valence-electron chi connectivity index (χ1n) is 12.6. The number of rotatable bonds is 6. The lowest BCUT2D eigenvalue weighted by atomic mass is 9.48. The van der Waals surface area contributed by atoms with E-state index in [2.05, 4.69) is 12.2 Å². The lowest BCUT2D eigenvalue weighted by molar-refractivity contribution is -0.385. The summed E-state index contributed by atoms with van der Waals surface area (Å²) < 4.78 is 27.8. The van der Waals surface area contributed by atoms with Crippen LogP contribution in [-0.4, -0.2) is 42.7 Å².